The maximum atomic E-state index is 12.1. The van der Waals surface area contributed by atoms with E-state index in [-0.39, 0.29) is 23.2 Å². The highest BCUT2D eigenvalue weighted by Crippen LogP contribution is 2.21. The Hall–Kier alpha value is -2.70. The molecule has 0 fully saturated rings. The van der Waals surface area contributed by atoms with Gasteiger partial charge in [0.15, 0.2) is 0 Å². The van der Waals surface area contributed by atoms with E-state index in [2.05, 4.69) is 11.9 Å². The van der Waals surface area contributed by atoms with Crippen LogP contribution in [0.5, 0.6) is 0 Å². The quantitative estimate of drug-likeness (QED) is 0.454. The Kier molecular flexibility index (Phi) is 5.59. The van der Waals surface area contributed by atoms with Crippen molar-refractivity contribution in [2.45, 2.75) is 25.8 Å². The molecule has 1 unspecified atom stereocenters. The first-order valence-electron chi connectivity index (χ1n) is 6.27. The minimum absolute atomic E-state index is 0.0917. The van der Waals surface area contributed by atoms with Crippen LogP contribution >= 0.6 is 0 Å². The second-order valence-corrected chi connectivity index (χ2v) is 4.44. The monoisotopic (exact) mass is 292 g/mol. The van der Waals surface area contributed by atoms with Crippen molar-refractivity contribution < 1.29 is 19.6 Å². The number of nitrogens with one attached hydrogen (secondary N) is 1. The highest BCUT2D eigenvalue weighted by Gasteiger charge is 2.23. The van der Waals surface area contributed by atoms with Crippen LogP contribution in [0.3, 0.4) is 0 Å². The summed E-state index contributed by atoms with van der Waals surface area (Å²) in [7, 11) is 0. The second-order valence-electron chi connectivity index (χ2n) is 4.44. The van der Waals surface area contributed by atoms with Crippen LogP contribution in [0.25, 0.3) is 0 Å². The Bertz CT molecular complexity index is 583. The van der Waals surface area contributed by atoms with Crippen LogP contribution in [0.1, 0.15) is 28.8 Å². The normalized spacial score (nSPS) is 11.5. The average Bonchev–Trinajstić information content (AvgIpc) is 2.42. The lowest BCUT2D eigenvalue weighted by Crippen LogP contribution is -2.40. The third-order valence-corrected chi connectivity index (χ3v) is 3.01. The molecule has 0 saturated heterocycles. The van der Waals surface area contributed by atoms with Crippen LogP contribution in [-0.2, 0) is 4.79 Å². The van der Waals surface area contributed by atoms with Crippen molar-refractivity contribution in [2.75, 3.05) is 0 Å². The molecule has 7 heteroatoms. The van der Waals surface area contributed by atoms with Crippen LogP contribution in [0, 0.1) is 17.0 Å². The molecule has 1 rings (SSSR count). The topological polar surface area (TPSA) is 110 Å². The number of hydrogen-bond acceptors (Lipinski definition) is 4. The SMILES string of the molecule is C=CCCC(NC(=O)c1cccc([N+](=O)[O-])c1C)C(=O)O. The van der Waals surface area contributed by atoms with E-state index in [1.807, 2.05) is 0 Å². The molecule has 1 aromatic carbocycles. The van der Waals surface area contributed by atoms with Crippen molar-refractivity contribution in [3.8, 4) is 0 Å². The number of nitro groups is 1. The fraction of sp³-hybridized carbons (Fsp3) is 0.286. The number of nitro benzene ring substituents is 1. The van der Waals surface area contributed by atoms with Crippen molar-refractivity contribution in [1.82, 2.24) is 5.32 Å². The smallest absolute Gasteiger partial charge is 0.326 e. The number of aliphatic carboxylic acids is 1. The summed E-state index contributed by atoms with van der Waals surface area (Å²) in [6, 6.07) is 3.04. The third kappa shape index (κ3) is 4.13. The summed E-state index contributed by atoms with van der Waals surface area (Å²) in [5.74, 6) is -1.80. The maximum absolute atomic E-state index is 12.1. The van der Waals surface area contributed by atoms with Crippen LogP contribution < -0.4 is 5.32 Å². The first kappa shape index (κ1) is 16.4. The van der Waals surface area contributed by atoms with Crippen molar-refractivity contribution in [1.29, 1.82) is 0 Å². The minimum Gasteiger partial charge on any atom is -0.480 e. The summed E-state index contributed by atoms with van der Waals surface area (Å²) in [5.41, 5.74) is 0.113. The first-order chi connectivity index (χ1) is 9.88. The van der Waals surface area contributed by atoms with Gasteiger partial charge in [-0.25, -0.2) is 4.79 Å². The second kappa shape index (κ2) is 7.18. The lowest BCUT2D eigenvalue weighted by Gasteiger charge is -2.14. The largest absolute Gasteiger partial charge is 0.480 e. The van der Waals surface area contributed by atoms with E-state index < -0.39 is 22.8 Å². The number of nitrogens with zero attached hydrogens (tertiary/aromatic N) is 1. The van der Waals surface area contributed by atoms with E-state index in [9.17, 15) is 19.7 Å². The fourth-order valence-electron chi connectivity index (χ4n) is 1.85. The van der Waals surface area contributed by atoms with Gasteiger partial charge in [-0.15, -0.1) is 6.58 Å². The number of benzene rings is 1. The number of hydrogen-bond donors (Lipinski definition) is 2. The van der Waals surface area contributed by atoms with Crippen molar-refractivity contribution in [3.05, 3.63) is 52.1 Å². The summed E-state index contributed by atoms with van der Waals surface area (Å²) in [5, 5.41) is 22.3. The predicted molar refractivity (Wildman–Crippen MR) is 76.2 cm³/mol. The molecule has 0 heterocycles. The van der Waals surface area contributed by atoms with Gasteiger partial charge in [0.1, 0.15) is 6.04 Å². The standard InChI is InChI=1S/C14H16N2O5/c1-3-4-7-11(14(18)19)15-13(17)10-6-5-8-12(9(10)2)16(20)21/h3,5-6,8,11H,1,4,7H2,2H3,(H,15,17)(H,18,19). The molecule has 2 N–H and O–H groups in total. The zero-order valence-electron chi connectivity index (χ0n) is 11.5. The number of rotatable bonds is 7. The predicted octanol–water partition coefficient (Wildman–Crippen LogP) is 2.05. The summed E-state index contributed by atoms with van der Waals surface area (Å²) < 4.78 is 0. The molecule has 0 bridgehead atoms. The Morgan fingerprint density at radius 2 is 2.19 bits per heavy atom. The Morgan fingerprint density at radius 1 is 1.52 bits per heavy atom. The number of carbonyl (C=O) groups excluding carboxylic acids is 1. The lowest BCUT2D eigenvalue weighted by molar-refractivity contribution is -0.385. The average molecular weight is 292 g/mol. The van der Waals surface area contributed by atoms with Crippen molar-refractivity contribution in [2.24, 2.45) is 0 Å². The molecule has 1 amide bonds. The van der Waals surface area contributed by atoms with Crippen LogP contribution in [-0.4, -0.2) is 27.9 Å². The lowest BCUT2D eigenvalue weighted by atomic mass is 10.0. The zero-order valence-corrected chi connectivity index (χ0v) is 11.5. The van der Waals surface area contributed by atoms with E-state index in [0.29, 0.717) is 6.42 Å². The zero-order chi connectivity index (χ0) is 16.0. The number of carbonyl (C=O) groups is 2. The van der Waals surface area contributed by atoms with Gasteiger partial charge in [-0.1, -0.05) is 12.1 Å². The molecule has 21 heavy (non-hydrogen) atoms. The molecule has 0 aliphatic rings. The van der Waals surface area contributed by atoms with Gasteiger partial charge in [-0.2, -0.15) is 0 Å². The number of allylic oxidation sites excluding steroid dienone is 1. The Labute approximate surface area is 121 Å². The van der Waals surface area contributed by atoms with E-state index in [4.69, 9.17) is 5.11 Å². The number of carboxylic acids is 1. The number of carboxylic acid groups (broad SMARTS) is 1. The molecule has 0 aromatic heterocycles. The van der Waals surface area contributed by atoms with Gasteiger partial charge in [0.05, 0.1) is 4.92 Å². The van der Waals surface area contributed by atoms with E-state index in [1.165, 1.54) is 25.1 Å². The Morgan fingerprint density at radius 3 is 2.71 bits per heavy atom. The van der Waals surface area contributed by atoms with Gasteiger partial charge in [0.25, 0.3) is 11.6 Å². The van der Waals surface area contributed by atoms with Crippen LogP contribution in [0.2, 0.25) is 0 Å². The molecule has 1 atom stereocenters. The van der Waals surface area contributed by atoms with Gasteiger partial charge < -0.3 is 10.4 Å². The highest BCUT2D eigenvalue weighted by atomic mass is 16.6. The first-order valence-corrected chi connectivity index (χ1v) is 6.27. The van der Waals surface area contributed by atoms with Gasteiger partial charge in [0.2, 0.25) is 0 Å². The molecule has 112 valence electrons. The molecule has 0 aliphatic heterocycles. The highest BCUT2D eigenvalue weighted by molar-refractivity contribution is 5.98. The molecular formula is C14H16N2O5. The van der Waals surface area contributed by atoms with Gasteiger partial charge in [0, 0.05) is 17.2 Å². The molecule has 7 nitrogen and oxygen atoms in total. The molecular weight excluding hydrogens is 276 g/mol. The third-order valence-electron chi connectivity index (χ3n) is 3.01. The summed E-state index contributed by atoms with van der Waals surface area (Å²) in [6.07, 6.45) is 2.20. The molecule has 1 aromatic rings. The summed E-state index contributed by atoms with van der Waals surface area (Å²) in [6.45, 7) is 4.94. The number of amides is 1. The molecule has 0 radical (unpaired) electrons. The Balaban J connectivity index is 2.97. The van der Waals surface area contributed by atoms with Crippen LogP contribution in [0.15, 0.2) is 30.9 Å². The molecule has 0 spiro atoms. The van der Waals surface area contributed by atoms with E-state index >= 15 is 0 Å². The fourth-order valence-corrected chi connectivity index (χ4v) is 1.85. The molecule has 0 saturated carbocycles. The van der Waals surface area contributed by atoms with Crippen molar-refractivity contribution in [3.63, 3.8) is 0 Å². The van der Waals surface area contributed by atoms with E-state index in [1.54, 1.807) is 6.08 Å². The van der Waals surface area contributed by atoms with Crippen molar-refractivity contribution >= 4 is 17.6 Å². The molecule has 0 aliphatic carbocycles. The minimum atomic E-state index is -1.16. The summed E-state index contributed by atoms with van der Waals surface area (Å²) in [4.78, 5) is 33.4. The van der Waals surface area contributed by atoms with Gasteiger partial charge in [-0.3, -0.25) is 14.9 Å². The summed E-state index contributed by atoms with van der Waals surface area (Å²) >= 11 is 0. The van der Waals surface area contributed by atoms with Gasteiger partial charge in [-0.05, 0) is 25.8 Å². The van der Waals surface area contributed by atoms with E-state index in [0.717, 1.165) is 0 Å². The van der Waals surface area contributed by atoms with Gasteiger partial charge >= 0.3 is 5.97 Å². The maximum Gasteiger partial charge on any atom is 0.326 e. The van der Waals surface area contributed by atoms with Crippen LogP contribution in [0.4, 0.5) is 5.69 Å².